The first kappa shape index (κ1) is 38.1. The van der Waals surface area contributed by atoms with Crippen molar-refractivity contribution in [2.24, 2.45) is 5.92 Å². The molecule has 2 fully saturated rings. The first-order chi connectivity index (χ1) is 23.7. The molecule has 2 atom stereocenters. The minimum atomic E-state index is -6.24. The third kappa shape index (κ3) is 6.93. The largest absolute Gasteiger partial charge is 0.430 e. The first-order valence-electron chi connectivity index (χ1n) is 15.6. The number of hydrogen-bond acceptors (Lipinski definition) is 5. The number of alkyl halides is 6. The van der Waals surface area contributed by atoms with Crippen molar-refractivity contribution in [3.8, 4) is 0 Å². The van der Waals surface area contributed by atoms with Crippen LogP contribution in [0.1, 0.15) is 42.4 Å². The Morgan fingerprint density at radius 2 is 1.47 bits per heavy atom. The van der Waals surface area contributed by atoms with E-state index in [2.05, 4.69) is 4.74 Å². The normalized spacial score (nSPS) is 20.6. The van der Waals surface area contributed by atoms with Gasteiger partial charge in [-0.2, -0.15) is 26.3 Å². The average Bonchev–Trinajstić information content (AvgIpc) is 3.51. The highest BCUT2D eigenvalue weighted by Crippen LogP contribution is 2.54. The van der Waals surface area contributed by atoms with E-state index in [1.807, 2.05) is 0 Å². The van der Waals surface area contributed by atoms with Gasteiger partial charge in [-0.3, -0.25) is 9.59 Å². The second kappa shape index (κ2) is 13.8. The quantitative estimate of drug-likeness (QED) is 0.178. The fraction of sp³-hybridized carbons (Fsp3) is 0.412. The van der Waals surface area contributed by atoms with Crippen LogP contribution in [0.15, 0.2) is 71.6 Å². The minimum Gasteiger partial charge on any atom is -0.349 e. The van der Waals surface area contributed by atoms with Crippen LogP contribution in [-0.2, 0) is 41.1 Å². The fourth-order valence-corrected chi connectivity index (χ4v) is 8.67. The van der Waals surface area contributed by atoms with Crippen LogP contribution in [0, 0.1) is 23.4 Å². The molecule has 5 rings (SSSR count). The zero-order valence-electron chi connectivity index (χ0n) is 26.8. The monoisotopic (exact) mass is 750 g/mol. The molecule has 0 spiro atoms. The smallest absolute Gasteiger partial charge is 0.349 e. The van der Waals surface area contributed by atoms with Gasteiger partial charge in [0.1, 0.15) is 22.2 Å². The molecule has 0 radical (unpaired) electrons. The van der Waals surface area contributed by atoms with Crippen molar-refractivity contribution in [2.75, 3.05) is 26.7 Å². The first-order valence-corrected chi connectivity index (χ1v) is 17.0. The van der Waals surface area contributed by atoms with Gasteiger partial charge in [0.2, 0.25) is 11.8 Å². The lowest BCUT2D eigenvalue weighted by Crippen LogP contribution is -2.56. The summed E-state index contributed by atoms with van der Waals surface area (Å²) in [6, 6.07) is 7.93. The average molecular weight is 751 g/mol. The molecule has 2 amide bonds. The lowest BCUT2D eigenvalue weighted by molar-refractivity contribution is -0.392. The molecule has 0 bridgehead atoms. The Balaban J connectivity index is 1.55. The van der Waals surface area contributed by atoms with E-state index in [1.54, 1.807) is 7.05 Å². The SMILES string of the molecule is CN1CCC(CC(=O)N2CC[C@](c3ccc(C(OCc4c(F)cccc4F)(C(F)(F)F)C(F)(F)F)cc3)(S(=O)(=O)c3ccc(F)cc3)C2)CC1=O. The van der Waals surface area contributed by atoms with Crippen LogP contribution in [0.2, 0.25) is 0 Å². The zero-order chi connectivity index (χ0) is 37.6. The van der Waals surface area contributed by atoms with Gasteiger partial charge in [-0.25, -0.2) is 21.6 Å². The molecule has 2 aliphatic rings. The van der Waals surface area contributed by atoms with E-state index >= 15 is 0 Å². The third-order valence-electron chi connectivity index (χ3n) is 9.56. The van der Waals surface area contributed by atoms with E-state index in [9.17, 15) is 57.5 Å². The van der Waals surface area contributed by atoms with Crippen LogP contribution in [-0.4, -0.2) is 69.1 Å². The maximum Gasteiger partial charge on any atom is 0.430 e. The Morgan fingerprint density at radius 1 is 0.882 bits per heavy atom. The topological polar surface area (TPSA) is 84.0 Å². The predicted octanol–water partition coefficient (Wildman–Crippen LogP) is 6.80. The lowest BCUT2D eigenvalue weighted by Gasteiger charge is -2.38. The molecule has 7 nitrogen and oxygen atoms in total. The van der Waals surface area contributed by atoms with Crippen molar-refractivity contribution in [3.05, 3.63) is 101 Å². The number of piperidine rings is 1. The van der Waals surface area contributed by atoms with Crippen LogP contribution in [0.25, 0.3) is 0 Å². The molecule has 2 heterocycles. The van der Waals surface area contributed by atoms with Crippen LogP contribution in [0.4, 0.5) is 39.5 Å². The Hall–Kier alpha value is -4.12. The fourth-order valence-electron chi connectivity index (χ4n) is 6.59. The van der Waals surface area contributed by atoms with E-state index in [1.165, 1.54) is 9.80 Å². The Labute approximate surface area is 286 Å². The van der Waals surface area contributed by atoms with Gasteiger partial charge >= 0.3 is 12.4 Å². The number of halogens is 9. The zero-order valence-corrected chi connectivity index (χ0v) is 27.6. The molecule has 1 unspecified atom stereocenters. The van der Waals surface area contributed by atoms with E-state index in [-0.39, 0.29) is 43.2 Å². The van der Waals surface area contributed by atoms with Gasteiger partial charge in [0.05, 0.1) is 11.5 Å². The molecule has 51 heavy (non-hydrogen) atoms. The summed E-state index contributed by atoms with van der Waals surface area (Å²) < 4.78 is 160. The van der Waals surface area contributed by atoms with E-state index < -0.39 is 85.1 Å². The lowest BCUT2D eigenvalue weighted by atomic mass is 9.88. The summed E-state index contributed by atoms with van der Waals surface area (Å²) in [5.41, 5.74) is -8.13. The number of ether oxygens (including phenoxy) is 1. The van der Waals surface area contributed by atoms with Gasteiger partial charge in [0, 0.05) is 50.7 Å². The van der Waals surface area contributed by atoms with Gasteiger partial charge in [-0.1, -0.05) is 30.3 Å². The van der Waals surface area contributed by atoms with Gasteiger partial charge in [-0.05, 0) is 60.7 Å². The second-order valence-corrected chi connectivity index (χ2v) is 14.9. The molecule has 0 N–H and O–H groups in total. The minimum absolute atomic E-state index is 0.0857. The van der Waals surface area contributed by atoms with E-state index in [0.717, 1.165) is 42.5 Å². The van der Waals surface area contributed by atoms with Gasteiger partial charge in [0.15, 0.2) is 9.84 Å². The summed E-state index contributed by atoms with van der Waals surface area (Å²) in [5, 5.41) is 0. The number of rotatable bonds is 9. The summed E-state index contributed by atoms with van der Waals surface area (Å²) in [6.45, 7) is -2.10. The van der Waals surface area contributed by atoms with E-state index in [0.29, 0.717) is 37.2 Å². The maximum atomic E-state index is 14.5. The van der Waals surface area contributed by atoms with Crippen molar-refractivity contribution in [1.29, 1.82) is 0 Å². The molecular weight excluding hydrogens is 719 g/mol. The van der Waals surface area contributed by atoms with Crippen LogP contribution >= 0.6 is 0 Å². The highest BCUT2D eigenvalue weighted by Gasteiger charge is 2.73. The van der Waals surface area contributed by atoms with Crippen LogP contribution in [0.5, 0.6) is 0 Å². The standard InChI is InChI=1S/C34H31F9N2O5S/c1-44-15-13-21(17-29(44)46)18-30(47)45-16-14-31(20-45,51(48,49)25-11-9-24(35)10-12-25)22-5-7-23(8-6-22)32(33(38,39)40,34(41,42)43)50-19-26-27(36)3-2-4-28(26)37/h2-12,21H,13-20H2,1H3/t21?,31-/m0/s1. The number of likely N-dealkylation sites (tertiary alicyclic amines) is 2. The Bertz CT molecular complexity index is 1850. The molecule has 0 aliphatic carbocycles. The Kier molecular flexibility index (Phi) is 10.3. The van der Waals surface area contributed by atoms with Crippen molar-refractivity contribution < 1.29 is 62.3 Å². The molecule has 0 saturated carbocycles. The third-order valence-corrected chi connectivity index (χ3v) is 12.0. The molecule has 2 saturated heterocycles. The van der Waals surface area contributed by atoms with Gasteiger partial charge in [0.25, 0.3) is 5.60 Å². The number of nitrogens with zero attached hydrogens (tertiary/aromatic N) is 2. The number of sulfone groups is 1. The van der Waals surface area contributed by atoms with Crippen molar-refractivity contribution in [2.45, 2.75) is 59.9 Å². The van der Waals surface area contributed by atoms with Crippen molar-refractivity contribution >= 4 is 21.7 Å². The molecule has 276 valence electrons. The van der Waals surface area contributed by atoms with Crippen LogP contribution < -0.4 is 0 Å². The molecule has 2 aliphatic heterocycles. The number of carbonyl (C=O) groups is 2. The van der Waals surface area contributed by atoms with E-state index in [4.69, 9.17) is 0 Å². The number of amides is 2. The molecule has 3 aromatic rings. The van der Waals surface area contributed by atoms with Gasteiger partial charge in [-0.15, -0.1) is 0 Å². The number of hydrogen-bond donors (Lipinski definition) is 0. The molecule has 3 aromatic carbocycles. The summed E-state index contributed by atoms with van der Waals surface area (Å²) in [4.78, 5) is 27.9. The van der Waals surface area contributed by atoms with Crippen molar-refractivity contribution in [3.63, 3.8) is 0 Å². The summed E-state index contributed by atoms with van der Waals surface area (Å²) in [6.07, 6.45) is -12.3. The molecule has 0 aromatic heterocycles. The second-order valence-electron chi connectivity index (χ2n) is 12.6. The van der Waals surface area contributed by atoms with Crippen LogP contribution in [0.3, 0.4) is 0 Å². The maximum absolute atomic E-state index is 14.5. The molecular formula is C34H31F9N2O5S. The number of benzene rings is 3. The van der Waals surface area contributed by atoms with Crippen molar-refractivity contribution in [1.82, 2.24) is 9.80 Å². The predicted molar refractivity (Wildman–Crippen MR) is 163 cm³/mol. The summed E-state index contributed by atoms with van der Waals surface area (Å²) in [7, 11) is -3.01. The summed E-state index contributed by atoms with van der Waals surface area (Å²) in [5.74, 6) is -4.69. The Morgan fingerprint density at radius 3 is 2.02 bits per heavy atom. The number of carbonyl (C=O) groups excluding carboxylic acids is 2. The molecule has 17 heteroatoms. The summed E-state index contributed by atoms with van der Waals surface area (Å²) >= 11 is 0. The van der Waals surface area contributed by atoms with Gasteiger partial charge < -0.3 is 14.5 Å². The highest BCUT2D eigenvalue weighted by atomic mass is 32.2. The highest BCUT2D eigenvalue weighted by molar-refractivity contribution is 7.92.